The van der Waals surface area contributed by atoms with Gasteiger partial charge in [-0.2, -0.15) is 0 Å². The molecule has 1 aromatic rings. The average molecular weight is 270 g/mol. The fourth-order valence-corrected chi connectivity index (χ4v) is 2.63. The van der Waals surface area contributed by atoms with Gasteiger partial charge in [-0.1, -0.05) is 19.9 Å². The minimum Gasteiger partial charge on any atom is -0.382 e. The Morgan fingerprint density at radius 1 is 1.22 bits per heavy atom. The third-order valence-electron chi connectivity index (χ3n) is 2.97. The van der Waals surface area contributed by atoms with Crippen molar-refractivity contribution >= 4 is 15.7 Å². The molecule has 0 saturated carbocycles. The maximum absolute atomic E-state index is 12.0. The Labute approximate surface area is 110 Å². The molecule has 0 unspecified atom stereocenters. The van der Waals surface area contributed by atoms with Crippen LogP contribution in [0, 0.1) is 0 Å². The predicted octanol–water partition coefficient (Wildman–Crippen LogP) is 2.54. The first kappa shape index (κ1) is 15.0. The molecule has 4 nitrogen and oxygen atoms in total. The Hall–Kier alpha value is -1.07. The van der Waals surface area contributed by atoms with Gasteiger partial charge in [-0.25, -0.2) is 12.7 Å². The van der Waals surface area contributed by atoms with Crippen LogP contribution in [0.1, 0.15) is 26.7 Å². The standard InChI is InChI=1S/C13H22N2O2S/c1-5-11(6-2)14-12-8-7-9-13(10-12)18(16,17)15(3)4/h7-11,14H,5-6H2,1-4H3. The van der Waals surface area contributed by atoms with Crippen molar-refractivity contribution in [3.05, 3.63) is 24.3 Å². The van der Waals surface area contributed by atoms with Crippen LogP contribution in [-0.2, 0) is 10.0 Å². The van der Waals surface area contributed by atoms with E-state index in [1.165, 1.54) is 18.4 Å². The monoisotopic (exact) mass is 270 g/mol. The molecule has 0 aliphatic rings. The van der Waals surface area contributed by atoms with Crippen molar-refractivity contribution in [1.82, 2.24) is 4.31 Å². The van der Waals surface area contributed by atoms with E-state index in [4.69, 9.17) is 0 Å². The summed E-state index contributed by atoms with van der Waals surface area (Å²) in [6.45, 7) is 4.23. The normalized spacial score (nSPS) is 12.1. The zero-order chi connectivity index (χ0) is 13.8. The van der Waals surface area contributed by atoms with Gasteiger partial charge >= 0.3 is 0 Å². The molecule has 0 heterocycles. The SMILES string of the molecule is CCC(CC)Nc1cccc(S(=O)(=O)N(C)C)c1. The van der Waals surface area contributed by atoms with Crippen molar-refractivity contribution in [1.29, 1.82) is 0 Å². The zero-order valence-electron chi connectivity index (χ0n) is 11.5. The number of sulfonamides is 1. The molecule has 0 fully saturated rings. The quantitative estimate of drug-likeness (QED) is 0.864. The summed E-state index contributed by atoms with van der Waals surface area (Å²) in [6, 6.07) is 7.34. The van der Waals surface area contributed by atoms with Gasteiger partial charge in [0, 0.05) is 25.8 Å². The first-order valence-corrected chi connectivity index (χ1v) is 7.65. The smallest absolute Gasteiger partial charge is 0.242 e. The van der Waals surface area contributed by atoms with E-state index < -0.39 is 10.0 Å². The van der Waals surface area contributed by atoms with Gasteiger partial charge in [-0.15, -0.1) is 0 Å². The second-order valence-corrected chi connectivity index (χ2v) is 6.62. The highest BCUT2D eigenvalue weighted by molar-refractivity contribution is 7.89. The van der Waals surface area contributed by atoms with Crippen LogP contribution >= 0.6 is 0 Å². The van der Waals surface area contributed by atoms with Gasteiger partial charge in [-0.05, 0) is 31.0 Å². The van der Waals surface area contributed by atoms with Crippen molar-refractivity contribution < 1.29 is 8.42 Å². The lowest BCUT2D eigenvalue weighted by Crippen LogP contribution is -2.22. The van der Waals surface area contributed by atoms with E-state index in [0.717, 1.165) is 18.5 Å². The predicted molar refractivity (Wildman–Crippen MR) is 75.3 cm³/mol. The van der Waals surface area contributed by atoms with Crippen molar-refractivity contribution in [2.45, 2.75) is 37.6 Å². The molecule has 0 bridgehead atoms. The number of nitrogens with zero attached hydrogens (tertiary/aromatic N) is 1. The fraction of sp³-hybridized carbons (Fsp3) is 0.538. The Balaban J connectivity index is 3.00. The van der Waals surface area contributed by atoms with E-state index in [-0.39, 0.29) is 0 Å². The summed E-state index contributed by atoms with van der Waals surface area (Å²) in [7, 11) is -0.279. The van der Waals surface area contributed by atoms with Gasteiger partial charge in [0.15, 0.2) is 0 Å². The molecular formula is C13H22N2O2S. The lowest BCUT2D eigenvalue weighted by molar-refractivity contribution is 0.521. The van der Waals surface area contributed by atoms with E-state index in [0.29, 0.717) is 10.9 Å². The Morgan fingerprint density at radius 2 is 1.83 bits per heavy atom. The van der Waals surface area contributed by atoms with Crippen LogP contribution in [0.2, 0.25) is 0 Å². The van der Waals surface area contributed by atoms with E-state index in [1.807, 2.05) is 6.07 Å². The van der Waals surface area contributed by atoms with E-state index >= 15 is 0 Å². The molecule has 0 aromatic heterocycles. The third kappa shape index (κ3) is 3.46. The molecular weight excluding hydrogens is 248 g/mol. The molecule has 102 valence electrons. The molecule has 0 aliphatic carbocycles. The molecule has 1 rings (SSSR count). The van der Waals surface area contributed by atoms with Crippen LogP contribution in [-0.4, -0.2) is 32.9 Å². The lowest BCUT2D eigenvalue weighted by Gasteiger charge is -2.17. The molecule has 1 aromatic carbocycles. The van der Waals surface area contributed by atoms with Crippen LogP contribution < -0.4 is 5.32 Å². The first-order valence-electron chi connectivity index (χ1n) is 6.21. The molecule has 1 N–H and O–H groups in total. The summed E-state index contributed by atoms with van der Waals surface area (Å²) in [5.41, 5.74) is 0.853. The number of nitrogens with one attached hydrogen (secondary N) is 1. The molecule has 18 heavy (non-hydrogen) atoms. The molecule has 0 amide bonds. The van der Waals surface area contributed by atoms with Crippen LogP contribution in [0.15, 0.2) is 29.2 Å². The van der Waals surface area contributed by atoms with Crippen molar-refractivity contribution in [2.75, 3.05) is 19.4 Å². The zero-order valence-corrected chi connectivity index (χ0v) is 12.3. The topological polar surface area (TPSA) is 49.4 Å². The molecule has 0 radical (unpaired) electrons. The lowest BCUT2D eigenvalue weighted by atomic mass is 10.1. The van der Waals surface area contributed by atoms with Crippen LogP contribution in [0.5, 0.6) is 0 Å². The summed E-state index contributed by atoms with van der Waals surface area (Å²) in [4.78, 5) is 0.323. The van der Waals surface area contributed by atoms with Gasteiger partial charge in [0.25, 0.3) is 0 Å². The second kappa shape index (κ2) is 6.20. The highest BCUT2D eigenvalue weighted by Crippen LogP contribution is 2.19. The van der Waals surface area contributed by atoms with Crippen LogP contribution in [0.3, 0.4) is 0 Å². The minimum absolute atomic E-state index is 0.323. The number of hydrogen-bond acceptors (Lipinski definition) is 3. The van der Waals surface area contributed by atoms with Crippen molar-refractivity contribution in [3.63, 3.8) is 0 Å². The number of hydrogen-bond donors (Lipinski definition) is 1. The van der Waals surface area contributed by atoms with Crippen molar-refractivity contribution in [3.8, 4) is 0 Å². The summed E-state index contributed by atoms with van der Waals surface area (Å²) in [6.07, 6.45) is 2.03. The minimum atomic E-state index is -3.36. The first-order chi connectivity index (χ1) is 8.41. The maximum Gasteiger partial charge on any atom is 0.242 e. The molecule has 0 spiro atoms. The largest absolute Gasteiger partial charge is 0.382 e. The van der Waals surface area contributed by atoms with E-state index in [9.17, 15) is 8.42 Å². The fourth-order valence-electron chi connectivity index (χ4n) is 1.69. The summed E-state index contributed by atoms with van der Waals surface area (Å²) < 4.78 is 25.2. The summed E-state index contributed by atoms with van der Waals surface area (Å²) in [5, 5.41) is 3.35. The van der Waals surface area contributed by atoms with Gasteiger partial charge < -0.3 is 5.32 Å². The molecule has 5 heteroatoms. The Bertz CT molecular complexity index is 480. The van der Waals surface area contributed by atoms with Crippen molar-refractivity contribution in [2.24, 2.45) is 0 Å². The highest BCUT2D eigenvalue weighted by Gasteiger charge is 2.17. The number of benzene rings is 1. The second-order valence-electron chi connectivity index (χ2n) is 4.47. The maximum atomic E-state index is 12.0. The van der Waals surface area contributed by atoms with E-state index in [1.54, 1.807) is 18.2 Å². The number of rotatable bonds is 6. The average Bonchev–Trinajstić information content (AvgIpc) is 2.36. The van der Waals surface area contributed by atoms with Crippen LogP contribution in [0.25, 0.3) is 0 Å². The Kier molecular flexibility index (Phi) is 5.16. The van der Waals surface area contributed by atoms with Gasteiger partial charge in [0.2, 0.25) is 10.0 Å². The summed E-state index contributed by atoms with van der Waals surface area (Å²) in [5.74, 6) is 0. The van der Waals surface area contributed by atoms with Gasteiger partial charge in [0.05, 0.1) is 4.90 Å². The number of anilines is 1. The summed E-state index contributed by atoms with van der Waals surface area (Å²) >= 11 is 0. The third-order valence-corrected chi connectivity index (χ3v) is 4.78. The van der Waals surface area contributed by atoms with Crippen LogP contribution in [0.4, 0.5) is 5.69 Å². The van der Waals surface area contributed by atoms with E-state index in [2.05, 4.69) is 19.2 Å². The highest BCUT2D eigenvalue weighted by atomic mass is 32.2. The Morgan fingerprint density at radius 3 is 2.33 bits per heavy atom. The van der Waals surface area contributed by atoms with Gasteiger partial charge in [0.1, 0.15) is 0 Å². The molecule has 0 saturated heterocycles. The molecule has 0 atom stereocenters. The molecule has 0 aliphatic heterocycles. The van der Waals surface area contributed by atoms with Gasteiger partial charge in [-0.3, -0.25) is 0 Å².